The largest absolute Gasteiger partial charge is 0.524 e. The molecule has 0 unspecified atom stereocenters. The van der Waals surface area contributed by atoms with Crippen LogP contribution in [0.5, 0.6) is 11.5 Å². The summed E-state index contributed by atoms with van der Waals surface area (Å²) in [6.45, 7) is 2.24. The molecule has 0 amide bonds. The lowest BCUT2D eigenvalue weighted by Gasteiger charge is -2.13. The number of rotatable bonds is 6. The van der Waals surface area contributed by atoms with E-state index in [1.54, 1.807) is 13.0 Å². The summed E-state index contributed by atoms with van der Waals surface area (Å²) >= 11 is 0. The summed E-state index contributed by atoms with van der Waals surface area (Å²) in [4.78, 5) is 17.8. The summed E-state index contributed by atoms with van der Waals surface area (Å²) in [6, 6.07) is 14.6. The Labute approximate surface area is 123 Å². The van der Waals surface area contributed by atoms with E-state index in [-0.39, 0.29) is 5.75 Å². The van der Waals surface area contributed by atoms with Gasteiger partial charge in [0, 0.05) is 6.42 Å². The second-order valence-electron chi connectivity index (χ2n) is 4.53. The van der Waals surface area contributed by atoms with Gasteiger partial charge in [0.15, 0.2) is 0 Å². The molecule has 2 aromatic carbocycles. The standard InChI is InChI=1S/C15H17O5P/c1-12-13(6-5-9-15(12)20-21(16,17)18)10-11-19-14-7-3-2-4-8-14/h2-9H,10-11H2,1H3,(H2,16,17,18). The maximum Gasteiger partial charge on any atom is 0.524 e. The number of phosphoric ester groups is 1. The normalized spacial score (nSPS) is 11.2. The molecule has 0 aliphatic heterocycles. The predicted octanol–water partition coefficient (Wildman–Crippen LogP) is 3.09. The molecule has 0 aliphatic carbocycles. The Kier molecular flexibility index (Phi) is 5.02. The summed E-state index contributed by atoms with van der Waals surface area (Å²) < 4.78 is 21.2. The smallest absolute Gasteiger partial charge is 0.493 e. The molecule has 2 N–H and O–H groups in total. The van der Waals surface area contributed by atoms with Crippen LogP contribution in [0, 0.1) is 6.92 Å². The highest BCUT2D eigenvalue weighted by molar-refractivity contribution is 7.46. The molecular weight excluding hydrogens is 291 g/mol. The van der Waals surface area contributed by atoms with Gasteiger partial charge < -0.3 is 9.26 Å². The number of ether oxygens (including phenoxy) is 1. The molecule has 0 fully saturated rings. The van der Waals surface area contributed by atoms with Gasteiger partial charge in [-0.05, 0) is 36.2 Å². The van der Waals surface area contributed by atoms with Crippen molar-refractivity contribution in [2.24, 2.45) is 0 Å². The van der Waals surface area contributed by atoms with Gasteiger partial charge in [0.05, 0.1) is 6.61 Å². The van der Waals surface area contributed by atoms with Crippen molar-refractivity contribution in [2.45, 2.75) is 13.3 Å². The third-order valence-electron chi connectivity index (χ3n) is 3.00. The molecule has 21 heavy (non-hydrogen) atoms. The summed E-state index contributed by atoms with van der Waals surface area (Å²) in [5.74, 6) is 0.985. The van der Waals surface area contributed by atoms with E-state index in [4.69, 9.17) is 14.5 Å². The maximum atomic E-state index is 10.9. The molecule has 112 valence electrons. The monoisotopic (exact) mass is 308 g/mol. The minimum Gasteiger partial charge on any atom is -0.493 e. The topological polar surface area (TPSA) is 76.0 Å². The lowest BCUT2D eigenvalue weighted by molar-refractivity contribution is 0.282. The third-order valence-corrected chi connectivity index (χ3v) is 3.43. The molecule has 2 rings (SSSR count). The fourth-order valence-corrected chi connectivity index (χ4v) is 2.41. The second kappa shape index (κ2) is 6.76. The summed E-state index contributed by atoms with van der Waals surface area (Å²) in [6.07, 6.45) is 0.624. The Morgan fingerprint density at radius 2 is 1.76 bits per heavy atom. The van der Waals surface area contributed by atoms with Crippen molar-refractivity contribution < 1.29 is 23.6 Å². The molecule has 0 heterocycles. The molecule has 0 atom stereocenters. The molecule has 0 bridgehead atoms. The lowest BCUT2D eigenvalue weighted by Crippen LogP contribution is -2.03. The van der Waals surface area contributed by atoms with Crippen LogP contribution in [-0.2, 0) is 11.0 Å². The molecular formula is C15H17O5P. The molecule has 0 saturated carbocycles. The second-order valence-corrected chi connectivity index (χ2v) is 5.70. The quantitative estimate of drug-likeness (QED) is 0.802. The third kappa shape index (κ3) is 4.90. The van der Waals surface area contributed by atoms with Crippen molar-refractivity contribution in [3.05, 3.63) is 59.7 Å². The Morgan fingerprint density at radius 3 is 2.43 bits per heavy atom. The average molecular weight is 308 g/mol. The van der Waals surface area contributed by atoms with Crippen LogP contribution < -0.4 is 9.26 Å². The van der Waals surface area contributed by atoms with Crippen molar-refractivity contribution in [1.82, 2.24) is 0 Å². The van der Waals surface area contributed by atoms with E-state index >= 15 is 0 Å². The first-order valence-corrected chi connectivity index (χ1v) is 8.00. The minimum absolute atomic E-state index is 0.195. The Bertz CT molecular complexity index is 636. The van der Waals surface area contributed by atoms with Crippen LogP contribution in [0.25, 0.3) is 0 Å². The highest BCUT2D eigenvalue weighted by atomic mass is 31.2. The van der Waals surface area contributed by atoms with E-state index in [0.717, 1.165) is 11.3 Å². The van der Waals surface area contributed by atoms with Gasteiger partial charge in [-0.15, -0.1) is 0 Å². The first-order valence-electron chi connectivity index (χ1n) is 6.47. The highest BCUT2D eigenvalue weighted by Gasteiger charge is 2.18. The van der Waals surface area contributed by atoms with E-state index in [2.05, 4.69) is 4.52 Å². The zero-order valence-corrected chi connectivity index (χ0v) is 12.5. The lowest BCUT2D eigenvalue weighted by atomic mass is 10.1. The number of hydrogen-bond acceptors (Lipinski definition) is 3. The molecule has 0 spiro atoms. The Morgan fingerprint density at radius 1 is 1.05 bits per heavy atom. The zero-order chi connectivity index (χ0) is 15.3. The fraction of sp³-hybridized carbons (Fsp3) is 0.200. The maximum absolute atomic E-state index is 10.9. The molecule has 2 aromatic rings. The Balaban J connectivity index is 2.00. The number of para-hydroxylation sites is 1. The van der Waals surface area contributed by atoms with E-state index in [9.17, 15) is 4.57 Å². The van der Waals surface area contributed by atoms with Crippen molar-refractivity contribution in [3.8, 4) is 11.5 Å². The average Bonchev–Trinajstić information content (AvgIpc) is 2.43. The van der Waals surface area contributed by atoms with Crippen molar-refractivity contribution in [2.75, 3.05) is 6.61 Å². The van der Waals surface area contributed by atoms with Crippen LogP contribution in [0.15, 0.2) is 48.5 Å². The predicted molar refractivity (Wildman–Crippen MR) is 79.5 cm³/mol. The van der Waals surface area contributed by atoms with Gasteiger partial charge >= 0.3 is 7.82 Å². The van der Waals surface area contributed by atoms with E-state index in [1.165, 1.54) is 6.07 Å². The van der Waals surface area contributed by atoms with Crippen molar-refractivity contribution in [3.63, 3.8) is 0 Å². The SMILES string of the molecule is Cc1c(CCOc2ccccc2)cccc1OP(=O)(O)O. The van der Waals surface area contributed by atoms with Gasteiger partial charge in [0.25, 0.3) is 0 Å². The van der Waals surface area contributed by atoms with E-state index in [0.29, 0.717) is 18.6 Å². The van der Waals surface area contributed by atoms with Crippen molar-refractivity contribution in [1.29, 1.82) is 0 Å². The molecule has 0 aliphatic rings. The van der Waals surface area contributed by atoms with Crippen LogP contribution in [0.4, 0.5) is 0 Å². The van der Waals surface area contributed by atoms with Crippen LogP contribution in [0.3, 0.4) is 0 Å². The van der Waals surface area contributed by atoms with Gasteiger partial charge in [-0.2, -0.15) is 0 Å². The number of phosphoric acid groups is 1. The molecule has 0 radical (unpaired) electrons. The molecule has 6 heteroatoms. The minimum atomic E-state index is -4.54. The molecule has 5 nitrogen and oxygen atoms in total. The van der Waals surface area contributed by atoms with Gasteiger partial charge in [-0.1, -0.05) is 30.3 Å². The fourth-order valence-electron chi connectivity index (χ4n) is 1.95. The van der Waals surface area contributed by atoms with Gasteiger partial charge in [-0.25, -0.2) is 4.57 Å². The zero-order valence-electron chi connectivity index (χ0n) is 11.6. The van der Waals surface area contributed by atoms with Gasteiger partial charge in [0.2, 0.25) is 0 Å². The van der Waals surface area contributed by atoms with Crippen LogP contribution in [0.1, 0.15) is 11.1 Å². The van der Waals surface area contributed by atoms with Crippen LogP contribution in [-0.4, -0.2) is 16.4 Å². The number of hydrogen-bond donors (Lipinski definition) is 2. The summed E-state index contributed by atoms with van der Waals surface area (Å²) in [5, 5.41) is 0. The summed E-state index contributed by atoms with van der Waals surface area (Å²) in [7, 11) is -4.54. The Hall–Kier alpha value is -1.81. The first kappa shape index (κ1) is 15.6. The van der Waals surface area contributed by atoms with Crippen LogP contribution >= 0.6 is 7.82 Å². The van der Waals surface area contributed by atoms with Gasteiger partial charge in [-0.3, -0.25) is 9.79 Å². The first-order chi connectivity index (χ1) is 9.96. The summed E-state index contributed by atoms with van der Waals surface area (Å²) in [5.41, 5.74) is 1.63. The van der Waals surface area contributed by atoms with Crippen LogP contribution in [0.2, 0.25) is 0 Å². The van der Waals surface area contributed by atoms with E-state index in [1.807, 2.05) is 36.4 Å². The highest BCUT2D eigenvalue weighted by Crippen LogP contribution is 2.39. The van der Waals surface area contributed by atoms with Gasteiger partial charge in [0.1, 0.15) is 11.5 Å². The molecule has 0 saturated heterocycles. The van der Waals surface area contributed by atoms with E-state index < -0.39 is 7.82 Å². The van der Waals surface area contributed by atoms with Crippen molar-refractivity contribution >= 4 is 7.82 Å². The molecule has 0 aromatic heterocycles. The number of benzene rings is 2.